The molecule has 3 heterocycles. The summed E-state index contributed by atoms with van der Waals surface area (Å²) >= 11 is 1.60. The number of piperidine rings is 1. The number of rotatable bonds is 7. The van der Waals surface area contributed by atoms with E-state index in [2.05, 4.69) is 10.1 Å². The molecular weight excluding hydrogens is 390 g/mol. The van der Waals surface area contributed by atoms with Gasteiger partial charge in [0.2, 0.25) is 11.7 Å². The Bertz CT molecular complexity index is 941. The number of thiophene rings is 1. The quantitative estimate of drug-likeness (QED) is 0.588. The third kappa shape index (κ3) is 4.76. The maximum Gasteiger partial charge on any atom is 0.260 e. The SMILES string of the molecule is COc1ccccc1OCC(=O)N1CCCC(Cc2nc(-c3ccsc3)no2)C1. The van der Waals surface area contributed by atoms with E-state index in [9.17, 15) is 4.79 Å². The first-order valence-electron chi connectivity index (χ1n) is 9.61. The molecule has 29 heavy (non-hydrogen) atoms. The molecule has 0 saturated carbocycles. The van der Waals surface area contributed by atoms with E-state index >= 15 is 0 Å². The number of benzene rings is 1. The van der Waals surface area contributed by atoms with Gasteiger partial charge in [-0.15, -0.1) is 0 Å². The molecule has 1 fully saturated rings. The first-order chi connectivity index (χ1) is 14.2. The van der Waals surface area contributed by atoms with Crippen LogP contribution in [0.4, 0.5) is 0 Å². The number of hydrogen-bond acceptors (Lipinski definition) is 7. The maximum atomic E-state index is 12.6. The molecule has 1 aliphatic heterocycles. The van der Waals surface area contributed by atoms with Crippen molar-refractivity contribution < 1.29 is 18.8 Å². The Morgan fingerprint density at radius 1 is 1.31 bits per heavy atom. The number of para-hydroxylation sites is 2. The molecule has 0 aliphatic carbocycles. The Labute approximate surface area is 173 Å². The first kappa shape index (κ1) is 19.4. The van der Waals surface area contributed by atoms with Crippen molar-refractivity contribution in [3.63, 3.8) is 0 Å². The van der Waals surface area contributed by atoms with Crippen molar-refractivity contribution >= 4 is 17.2 Å². The minimum Gasteiger partial charge on any atom is -0.493 e. The van der Waals surface area contributed by atoms with Crippen molar-refractivity contribution in [2.45, 2.75) is 19.3 Å². The average molecular weight is 413 g/mol. The molecule has 1 aliphatic rings. The highest BCUT2D eigenvalue weighted by Crippen LogP contribution is 2.26. The number of ether oxygens (including phenoxy) is 2. The summed E-state index contributed by atoms with van der Waals surface area (Å²) in [5, 5.41) is 8.05. The Hall–Kier alpha value is -2.87. The zero-order valence-corrected chi connectivity index (χ0v) is 17.1. The van der Waals surface area contributed by atoms with Gasteiger partial charge in [-0.1, -0.05) is 17.3 Å². The number of aromatic nitrogens is 2. The molecule has 1 aromatic carbocycles. The molecular formula is C21H23N3O4S. The molecule has 7 nitrogen and oxygen atoms in total. The highest BCUT2D eigenvalue weighted by Gasteiger charge is 2.26. The molecule has 152 valence electrons. The predicted octanol–water partition coefficient (Wildman–Crippen LogP) is 3.67. The van der Waals surface area contributed by atoms with Gasteiger partial charge in [-0.05, 0) is 42.3 Å². The Kier molecular flexibility index (Phi) is 6.09. The van der Waals surface area contributed by atoms with Crippen LogP contribution in [0.2, 0.25) is 0 Å². The predicted molar refractivity (Wildman–Crippen MR) is 109 cm³/mol. The van der Waals surface area contributed by atoms with Crippen molar-refractivity contribution in [3.8, 4) is 22.9 Å². The van der Waals surface area contributed by atoms with Crippen LogP contribution >= 0.6 is 11.3 Å². The lowest BCUT2D eigenvalue weighted by Gasteiger charge is -2.32. The van der Waals surface area contributed by atoms with E-state index in [1.54, 1.807) is 24.5 Å². The molecule has 0 radical (unpaired) electrons. The van der Waals surface area contributed by atoms with Gasteiger partial charge in [0.25, 0.3) is 5.91 Å². The second kappa shape index (κ2) is 9.09. The Morgan fingerprint density at radius 2 is 2.17 bits per heavy atom. The van der Waals surface area contributed by atoms with Crippen LogP contribution in [0.1, 0.15) is 18.7 Å². The highest BCUT2D eigenvalue weighted by atomic mass is 32.1. The van der Waals surface area contributed by atoms with E-state index in [0.717, 1.165) is 24.9 Å². The van der Waals surface area contributed by atoms with Gasteiger partial charge in [0.05, 0.1) is 7.11 Å². The molecule has 1 saturated heterocycles. The Balaban J connectivity index is 1.31. The lowest BCUT2D eigenvalue weighted by atomic mass is 9.95. The molecule has 1 amide bonds. The zero-order valence-electron chi connectivity index (χ0n) is 16.2. The summed E-state index contributed by atoms with van der Waals surface area (Å²) in [5.74, 6) is 2.71. The zero-order chi connectivity index (χ0) is 20.1. The van der Waals surface area contributed by atoms with Gasteiger partial charge in [0.15, 0.2) is 18.1 Å². The van der Waals surface area contributed by atoms with Crippen molar-refractivity contribution in [1.29, 1.82) is 0 Å². The lowest BCUT2D eigenvalue weighted by molar-refractivity contribution is -0.135. The van der Waals surface area contributed by atoms with Crippen LogP contribution in [0, 0.1) is 5.92 Å². The summed E-state index contributed by atoms with van der Waals surface area (Å²) in [4.78, 5) is 19.0. The normalized spacial score (nSPS) is 16.6. The van der Waals surface area contributed by atoms with Crippen molar-refractivity contribution in [3.05, 3.63) is 47.0 Å². The largest absolute Gasteiger partial charge is 0.493 e. The van der Waals surface area contributed by atoms with Crippen molar-refractivity contribution in [2.75, 3.05) is 26.8 Å². The van der Waals surface area contributed by atoms with Gasteiger partial charge in [-0.2, -0.15) is 16.3 Å². The summed E-state index contributed by atoms with van der Waals surface area (Å²) in [5.41, 5.74) is 0.971. The topological polar surface area (TPSA) is 77.7 Å². The third-order valence-corrected chi connectivity index (χ3v) is 5.69. The fourth-order valence-corrected chi connectivity index (χ4v) is 4.16. The van der Waals surface area contributed by atoms with Gasteiger partial charge in [0.1, 0.15) is 0 Å². The van der Waals surface area contributed by atoms with Gasteiger partial charge >= 0.3 is 0 Å². The summed E-state index contributed by atoms with van der Waals surface area (Å²) in [6.45, 7) is 1.41. The maximum absolute atomic E-state index is 12.6. The fourth-order valence-electron chi connectivity index (χ4n) is 3.52. The molecule has 1 atom stereocenters. The van der Waals surface area contributed by atoms with Crippen LogP contribution in [0.25, 0.3) is 11.4 Å². The third-order valence-electron chi connectivity index (χ3n) is 5.00. The Morgan fingerprint density at radius 3 is 2.97 bits per heavy atom. The number of methoxy groups -OCH3 is 1. The fraction of sp³-hybridized carbons (Fsp3) is 0.381. The van der Waals surface area contributed by atoms with E-state index in [4.69, 9.17) is 14.0 Å². The van der Waals surface area contributed by atoms with Crippen LogP contribution in [0.15, 0.2) is 45.6 Å². The molecule has 0 spiro atoms. The summed E-state index contributed by atoms with van der Waals surface area (Å²) in [6.07, 6.45) is 2.66. The standard InChI is InChI=1S/C21H23N3O4S/c1-26-17-6-2-3-7-18(17)27-13-20(25)24-9-4-5-15(12-24)11-19-22-21(23-28-19)16-8-10-29-14-16/h2-3,6-8,10,14-15H,4-5,9,11-13H2,1H3. The van der Waals surface area contributed by atoms with Crippen molar-refractivity contribution in [2.24, 2.45) is 5.92 Å². The molecule has 3 aromatic rings. The second-order valence-corrected chi connectivity index (χ2v) is 7.80. The molecule has 0 bridgehead atoms. The lowest BCUT2D eigenvalue weighted by Crippen LogP contribution is -2.42. The van der Waals surface area contributed by atoms with Crippen LogP contribution in [-0.4, -0.2) is 47.8 Å². The average Bonchev–Trinajstić information content (AvgIpc) is 3.44. The highest BCUT2D eigenvalue weighted by molar-refractivity contribution is 7.08. The number of likely N-dealkylation sites (tertiary alicyclic amines) is 1. The minimum atomic E-state index is -0.0231. The molecule has 2 aromatic heterocycles. The van der Waals surface area contributed by atoms with Crippen molar-refractivity contribution in [1.82, 2.24) is 15.0 Å². The van der Waals surface area contributed by atoms with Gasteiger partial charge in [-0.3, -0.25) is 4.79 Å². The number of carbonyl (C=O) groups is 1. The van der Waals surface area contributed by atoms with Gasteiger partial charge in [0, 0.05) is 30.5 Å². The first-order valence-corrected chi connectivity index (χ1v) is 10.6. The van der Waals surface area contributed by atoms with Crippen LogP contribution < -0.4 is 9.47 Å². The number of amides is 1. The smallest absolute Gasteiger partial charge is 0.260 e. The van der Waals surface area contributed by atoms with E-state index in [0.29, 0.717) is 42.1 Å². The minimum absolute atomic E-state index is 0.00401. The van der Waals surface area contributed by atoms with E-state index in [-0.39, 0.29) is 12.5 Å². The summed E-state index contributed by atoms with van der Waals surface area (Å²) < 4.78 is 16.4. The van der Waals surface area contributed by atoms with E-state index in [1.165, 1.54) is 0 Å². The summed E-state index contributed by atoms with van der Waals surface area (Å²) in [7, 11) is 1.58. The van der Waals surface area contributed by atoms with E-state index in [1.807, 2.05) is 39.9 Å². The van der Waals surface area contributed by atoms with Crippen LogP contribution in [0.5, 0.6) is 11.5 Å². The number of hydrogen-bond donors (Lipinski definition) is 0. The molecule has 8 heteroatoms. The van der Waals surface area contributed by atoms with Gasteiger partial charge in [-0.25, -0.2) is 0 Å². The summed E-state index contributed by atoms with van der Waals surface area (Å²) in [6, 6.07) is 9.30. The number of nitrogens with zero attached hydrogens (tertiary/aromatic N) is 3. The van der Waals surface area contributed by atoms with Crippen LogP contribution in [0.3, 0.4) is 0 Å². The monoisotopic (exact) mass is 413 g/mol. The molecule has 0 N–H and O–H groups in total. The van der Waals surface area contributed by atoms with E-state index < -0.39 is 0 Å². The van der Waals surface area contributed by atoms with Gasteiger partial charge < -0.3 is 18.9 Å². The van der Waals surface area contributed by atoms with Crippen LogP contribution in [-0.2, 0) is 11.2 Å². The molecule has 1 unspecified atom stereocenters. The second-order valence-electron chi connectivity index (χ2n) is 7.02. The molecule has 4 rings (SSSR count). The number of carbonyl (C=O) groups excluding carboxylic acids is 1.